The molecule has 0 fully saturated rings. The van der Waals surface area contributed by atoms with E-state index in [2.05, 4.69) is 9.88 Å². The molecule has 80 valence electrons. The second-order valence-corrected chi connectivity index (χ2v) is 4.70. The summed E-state index contributed by atoms with van der Waals surface area (Å²) in [6, 6.07) is 3.66. The van der Waals surface area contributed by atoms with Crippen LogP contribution in [0.5, 0.6) is 0 Å². The van der Waals surface area contributed by atoms with Crippen LogP contribution < -0.4 is 0 Å². The summed E-state index contributed by atoms with van der Waals surface area (Å²) in [5, 5.41) is 9.97. The largest absolute Gasteiger partial charge is 0.309 e. The van der Waals surface area contributed by atoms with Gasteiger partial charge in [-0.25, -0.2) is 4.98 Å². The van der Waals surface area contributed by atoms with Crippen LogP contribution in [0, 0.1) is 11.3 Å². The average Bonchev–Trinajstić information content (AvgIpc) is 2.20. The number of hydrogen-bond acceptors (Lipinski definition) is 4. The molecule has 0 N–H and O–H groups in total. The van der Waals surface area contributed by atoms with Crippen LogP contribution >= 0.6 is 23.4 Å². The summed E-state index contributed by atoms with van der Waals surface area (Å²) in [5.41, 5.74) is 0.485. The van der Waals surface area contributed by atoms with E-state index in [0.717, 1.165) is 17.3 Å². The summed E-state index contributed by atoms with van der Waals surface area (Å²) in [5.74, 6) is 0.911. The van der Waals surface area contributed by atoms with E-state index in [1.165, 1.54) is 0 Å². The van der Waals surface area contributed by atoms with Crippen molar-refractivity contribution in [2.45, 2.75) is 5.03 Å². The molecule has 0 amide bonds. The van der Waals surface area contributed by atoms with Crippen molar-refractivity contribution in [3.05, 3.63) is 22.8 Å². The highest BCUT2D eigenvalue weighted by molar-refractivity contribution is 7.99. The number of nitrogens with zero attached hydrogens (tertiary/aromatic N) is 3. The first-order valence-electron chi connectivity index (χ1n) is 4.47. The van der Waals surface area contributed by atoms with Gasteiger partial charge in [0.1, 0.15) is 11.1 Å². The highest BCUT2D eigenvalue weighted by atomic mass is 35.5. The maximum atomic E-state index is 8.78. The summed E-state index contributed by atoms with van der Waals surface area (Å²) < 4.78 is 0. The lowest BCUT2D eigenvalue weighted by Crippen LogP contribution is -2.14. The Morgan fingerprint density at radius 3 is 2.93 bits per heavy atom. The molecule has 0 unspecified atom stereocenters. The maximum absolute atomic E-state index is 8.78. The molecule has 0 aliphatic rings. The monoisotopic (exact) mass is 241 g/mol. The molecular weight excluding hydrogens is 230 g/mol. The van der Waals surface area contributed by atoms with Crippen molar-refractivity contribution >= 4 is 23.4 Å². The minimum Gasteiger partial charge on any atom is -0.309 e. The first kappa shape index (κ1) is 12.3. The summed E-state index contributed by atoms with van der Waals surface area (Å²) in [6.45, 7) is 0.958. The second kappa shape index (κ2) is 5.96. The Morgan fingerprint density at radius 2 is 2.33 bits per heavy atom. The Morgan fingerprint density at radius 1 is 1.60 bits per heavy atom. The lowest BCUT2D eigenvalue weighted by atomic mass is 10.3. The van der Waals surface area contributed by atoms with Crippen LogP contribution in [-0.4, -0.2) is 36.3 Å². The minimum atomic E-state index is 0.462. The normalized spacial score (nSPS) is 10.3. The molecule has 0 aliphatic heterocycles. The van der Waals surface area contributed by atoms with Crippen LogP contribution in [0.4, 0.5) is 0 Å². The van der Waals surface area contributed by atoms with Crippen molar-refractivity contribution in [1.82, 2.24) is 9.88 Å². The van der Waals surface area contributed by atoms with Gasteiger partial charge in [-0.3, -0.25) is 0 Å². The van der Waals surface area contributed by atoms with Crippen LogP contribution in [0.2, 0.25) is 5.02 Å². The molecule has 0 atom stereocenters. The fourth-order valence-electron chi connectivity index (χ4n) is 0.936. The third kappa shape index (κ3) is 3.71. The molecule has 0 saturated heterocycles. The van der Waals surface area contributed by atoms with E-state index in [0.29, 0.717) is 10.6 Å². The Bertz CT molecular complexity index is 373. The fourth-order valence-corrected chi connectivity index (χ4v) is 2.28. The molecule has 1 rings (SSSR count). The van der Waals surface area contributed by atoms with Crippen LogP contribution in [-0.2, 0) is 0 Å². The van der Waals surface area contributed by atoms with E-state index < -0.39 is 0 Å². The van der Waals surface area contributed by atoms with Gasteiger partial charge in [0.05, 0.1) is 10.6 Å². The van der Waals surface area contributed by atoms with Gasteiger partial charge in [0.2, 0.25) is 0 Å². The maximum Gasteiger partial charge on any atom is 0.116 e. The summed E-state index contributed by atoms with van der Waals surface area (Å²) in [7, 11) is 4.03. The lowest BCUT2D eigenvalue weighted by Gasteiger charge is -2.09. The number of pyridine rings is 1. The summed E-state index contributed by atoms with van der Waals surface area (Å²) >= 11 is 7.57. The molecule has 0 saturated carbocycles. The van der Waals surface area contributed by atoms with E-state index in [1.807, 2.05) is 20.2 Å². The molecule has 0 aromatic carbocycles. The smallest absolute Gasteiger partial charge is 0.116 e. The van der Waals surface area contributed by atoms with Gasteiger partial charge in [0.25, 0.3) is 0 Å². The quantitative estimate of drug-likeness (QED) is 0.759. The molecule has 3 nitrogen and oxygen atoms in total. The predicted octanol–water partition coefficient (Wildman–Crippen LogP) is 2.26. The molecule has 1 aromatic rings. The third-order valence-electron chi connectivity index (χ3n) is 1.75. The van der Waals surface area contributed by atoms with Crippen LogP contribution in [0.25, 0.3) is 0 Å². The van der Waals surface area contributed by atoms with Crippen molar-refractivity contribution in [3.63, 3.8) is 0 Å². The van der Waals surface area contributed by atoms with Gasteiger partial charge in [0, 0.05) is 18.5 Å². The Hall–Kier alpha value is -0.760. The standard InChI is InChI=1S/C10H12ClN3S/c1-14(2)5-6-15-10-9(11)8(7-12)3-4-13-10/h3-4H,5-6H2,1-2H3. The first-order valence-corrected chi connectivity index (χ1v) is 5.83. The number of halogens is 1. The fraction of sp³-hybridized carbons (Fsp3) is 0.400. The average molecular weight is 242 g/mol. The summed E-state index contributed by atoms with van der Waals surface area (Å²) in [6.07, 6.45) is 1.61. The van der Waals surface area contributed by atoms with Crippen molar-refractivity contribution < 1.29 is 0 Å². The van der Waals surface area contributed by atoms with Gasteiger partial charge in [-0.15, -0.1) is 11.8 Å². The predicted molar refractivity (Wildman–Crippen MR) is 63.2 cm³/mol. The van der Waals surface area contributed by atoms with Crippen molar-refractivity contribution in [2.24, 2.45) is 0 Å². The lowest BCUT2D eigenvalue weighted by molar-refractivity contribution is 0.437. The number of rotatable bonds is 4. The first-order chi connectivity index (χ1) is 7.15. The van der Waals surface area contributed by atoms with Crippen molar-refractivity contribution in [2.75, 3.05) is 26.4 Å². The van der Waals surface area contributed by atoms with Crippen LogP contribution in [0.15, 0.2) is 17.3 Å². The zero-order valence-electron chi connectivity index (χ0n) is 8.70. The molecule has 0 bridgehead atoms. The number of hydrogen-bond donors (Lipinski definition) is 0. The SMILES string of the molecule is CN(C)CCSc1nccc(C#N)c1Cl. The highest BCUT2D eigenvalue weighted by Crippen LogP contribution is 2.27. The molecule has 0 spiro atoms. The second-order valence-electron chi connectivity index (χ2n) is 3.24. The van der Waals surface area contributed by atoms with Crippen molar-refractivity contribution in [1.29, 1.82) is 5.26 Å². The van der Waals surface area contributed by atoms with Gasteiger partial charge >= 0.3 is 0 Å². The van der Waals surface area contributed by atoms with Gasteiger partial charge in [-0.05, 0) is 20.2 Å². The molecule has 0 radical (unpaired) electrons. The zero-order valence-corrected chi connectivity index (χ0v) is 10.3. The molecule has 0 aliphatic carbocycles. The summed E-state index contributed by atoms with van der Waals surface area (Å²) in [4.78, 5) is 6.24. The molecular formula is C10H12ClN3S. The Kier molecular flexibility index (Phi) is 4.89. The third-order valence-corrected chi connectivity index (χ3v) is 3.22. The van der Waals surface area contributed by atoms with Gasteiger partial charge < -0.3 is 4.90 Å². The van der Waals surface area contributed by atoms with Gasteiger partial charge in [0.15, 0.2) is 0 Å². The van der Waals surface area contributed by atoms with E-state index in [1.54, 1.807) is 24.0 Å². The van der Waals surface area contributed by atoms with Crippen LogP contribution in [0.1, 0.15) is 5.56 Å². The molecule has 1 aromatic heterocycles. The highest BCUT2D eigenvalue weighted by Gasteiger charge is 2.07. The van der Waals surface area contributed by atoms with E-state index in [4.69, 9.17) is 16.9 Å². The number of aromatic nitrogens is 1. The number of thioether (sulfide) groups is 1. The topological polar surface area (TPSA) is 39.9 Å². The van der Waals surface area contributed by atoms with Crippen molar-refractivity contribution in [3.8, 4) is 6.07 Å². The zero-order chi connectivity index (χ0) is 11.3. The molecule has 5 heteroatoms. The van der Waals surface area contributed by atoms with E-state index in [9.17, 15) is 0 Å². The van der Waals surface area contributed by atoms with Gasteiger partial charge in [-0.1, -0.05) is 11.6 Å². The van der Waals surface area contributed by atoms with Gasteiger partial charge in [-0.2, -0.15) is 5.26 Å². The van der Waals surface area contributed by atoms with Crippen LogP contribution in [0.3, 0.4) is 0 Å². The molecule has 1 heterocycles. The Labute approximate surface area is 99.1 Å². The number of nitriles is 1. The van der Waals surface area contributed by atoms with E-state index in [-0.39, 0.29) is 0 Å². The Balaban J connectivity index is 2.66. The van der Waals surface area contributed by atoms with E-state index >= 15 is 0 Å². The molecule has 15 heavy (non-hydrogen) atoms. The minimum absolute atomic E-state index is 0.462.